The number of piperidine rings is 1. The second-order valence-electron chi connectivity index (χ2n) is 7.38. The van der Waals surface area contributed by atoms with Gasteiger partial charge in [0.25, 0.3) is 0 Å². The minimum Gasteiger partial charge on any atom is -0.444 e. The second kappa shape index (κ2) is 7.99. The Bertz CT molecular complexity index is 318. The number of nitrogens with zero attached hydrogens (tertiary/aromatic N) is 2. The first kappa shape index (κ1) is 18.2. The number of likely N-dealkylation sites (tertiary alicyclic amines) is 1. The summed E-state index contributed by atoms with van der Waals surface area (Å²) in [7, 11) is 4.21. The van der Waals surface area contributed by atoms with Gasteiger partial charge in [0.15, 0.2) is 0 Å². The van der Waals surface area contributed by atoms with Crippen molar-refractivity contribution >= 4 is 6.09 Å². The average Bonchev–Trinajstić information content (AvgIpc) is 2.37. The largest absolute Gasteiger partial charge is 0.444 e. The van der Waals surface area contributed by atoms with E-state index in [1.807, 2.05) is 25.7 Å². The number of hydrogen-bond donors (Lipinski definition) is 1. The van der Waals surface area contributed by atoms with Gasteiger partial charge < -0.3 is 19.9 Å². The van der Waals surface area contributed by atoms with Crippen molar-refractivity contribution in [2.45, 2.75) is 52.2 Å². The van der Waals surface area contributed by atoms with Crippen LogP contribution in [0.2, 0.25) is 0 Å². The molecule has 1 unspecified atom stereocenters. The molecule has 0 bridgehead atoms. The fourth-order valence-electron chi connectivity index (χ4n) is 2.33. The van der Waals surface area contributed by atoms with Crippen LogP contribution in [0.25, 0.3) is 0 Å². The van der Waals surface area contributed by atoms with Crippen molar-refractivity contribution in [3.63, 3.8) is 0 Å². The van der Waals surface area contributed by atoms with Gasteiger partial charge in [-0.1, -0.05) is 0 Å². The van der Waals surface area contributed by atoms with E-state index >= 15 is 0 Å². The zero-order valence-corrected chi connectivity index (χ0v) is 14.6. The fraction of sp³-hybridized carbons (Fsp3) is 0.938. The van der Waals surface area contributed by atoms with Gasteiger partial charge in [-0.3, -0.25) is 0 Å². The van der Waals surface area contributed by atoms with Crippen LogP contribution in [0.3, 0.4) is 0 Å². The molecule has 0 aromatic heterocycles. The number of nitrogens with one attached hydrogen (secondary N) is 1. The van der Waals surface area contributed by atoms with Gasteiger partial charge in [-0.2, -0.15) is 0 Å². The molecule has 1 rings (SSSR count). The standard InChI is InChI=1S/C16H33N3O2/c1-13(18(5)6)11-17-12-14-7-9-19(10-8-14)15(20)21-16(2,3)4/h13-14,17H,7-12H2,1-6H3. The van der Waals surface area contributed by atoms with E-state index in [2.05, 4.69) is 31.2 Å². The van der Waals surface area contributed by atoms with Crippen molar-refractivity contribution in [2.24, 2.45) is 5.92 Å². The van der Waals surface area contributed by atoms with Crippen molar-refractivity contribution < 1.29 is 9.53 Å². The van der Waals surface area contributed by atoms with Crippen LogP contribution >= 0.6 is 0 Å². The van der Waals surface area contributed by atoms with Gasteiger partial charge in [0.2, 0.25) is 0 Å². The summed E-state index contributed by atoms with van der Waals surface area (Å²) in [5, 5.41) is 3.54. The smallest absolute Gasteiger partial charge is 0.410 e. The van der Waals surface area contributed by atoms with Crippen LogP contribution in [-0.4, -0.2) is 67.8 Å². The highest BCUT2D eigenvalue weighted by Gasteiger charge is 2.26. The summed E-state index contributed by atoms with van der Waals surface area (Å²) in [6.07, 6.45) is 1.95. The summed E-state index contributed by atoms with van der Waals surface area (Å²) < 4.78 is 5.42. The highest BCUT2D eigenvalue weighted by atomic mass is 16.6. The highest BCUT2D eigenvalue weighted by Crippen LogP contribution is 2.19. The molecule has 0 aromatic carbocycles. The molecule has 1 N–H and O–H groups in total. The number of ether oxygens (including phenoxy) is 1. The molecule has 21 heavy (non-hydrogen) atoms. The van der Waals surface area contributed by atoms with Gasteiger partial charge in [0.05, 0.1) is 0 Å². The maximum absolute atomic E-state index is 12.0. The lowest BCUT2D eigenvalue weighted by Gasteiger charge is -2.33. The molecule has 0 saturated carbocycles. The molecule has 5 nitrogen and oxygen atoms in total. The second-order valence-corrected chi connectivity index (χ2v) is 7.38. The summed E-state index contributed by atoms with van der Waals surface area (Å²) >= 11 is 0. The van der Waals surface area contributed by atoms with Crippen LogP contribution in [-0.2, 0) is 4.74 Å². The topological polar surface area (TPSA) is 44.8 Å². The van der Waals surface area contributed by atoms with E-state index in [-0.39, 0.29) is 6.09 Å². The van der Waals surface area contributed by atoms with Crippen LogP contribution in [0.15, 0.2) is 0 Å². The minimum atomic E-state index is -0.405. The lowest BCUT2D eigenvalue weighted by molar-refractivity contribution is 0.0184. The Morgan fingerprint density at radius 1 is 1.33 bits per heavy atom. The molecule has 0 aliphatic carbocycles. The Morgan fingerprint density at radius 2 is 1.90 bits per heavy atom. The number of likely N-dealkylation sites (N-methyl/N-ethyl adjacent to an activating group) is 1. The summed E-state index contributed by atoms with van der Waals surface area (Å²) in [5.74, 6) is 0.665. The van der Waals surface area contributed by atoms with E-state index in [0.717, 1.165) is 39.0 Å². The summed E-state index contributed by atoms with van der Waals surface area (Å²) in [6.45, 7) is 11.6. The van der Waals surface area contributed by atoms with Gasteiger partial charge >= 0.3 is 6.09 Å². The molecule has 5 heteroatoms. The Morgan fingerprint density at radius 3 is 2.38 bits per heavy atom. The van der Waals surface area contributed by atoms with E-state index in [9.17, 15) is 4.79 Å². The zero-order valence-electron chi connectivity index (χ0n) is 14.6. The predicted octanol–water partition coefficient (Wildman–Crippen LogP) is 2.17. The molecule has 0 radical (unpaired) electrons. The molecule has 0 aromatic rings. The number of hydrogen-bond acceptors (Lipinski definition) is 4. The summed E-state index contributed by atoms with van der Waals surface area (Å²) in [5.41, 5.74) is -0.405. The van der Waals surface area contributed by atoms with E-state index in [0.29, 0.717) is 12.0 Å². The third kappa shape index (κ3) is 7.14. The minimum absolute atomic E-state index is 0.171. The Labute approximate surface area is 130 Å². The maximum Gasteiger partial charge on any atom is 0.410 e. The van der Waals surface area contributed by atoms with E-state index in [1.54, 1.807) is 0 Å². The lowest BCUT2D eigenvalue weighted by atomic mass is 9.97. The van der Waals surface area contributed by atoms with Crippen LogP contribution in [0.1, 0.15) is 40.5 Å². The molecule has 1 atom stereocenters. The molecule has 1 saturated heterocycles. The van der Waals surface area contributed by atoms with Crippen molar-refractivity contribution in [2.75, 3.05) is 40.3 Å². The van der Waals surface area contributed by atoms with Crippen molar-refractivity contribution in [3.05, 3.63) is 0 Å². The van der Waals surface area contributed by atoms with Crippen LogP contribution in [0.4, 0.5) is 4.79 Å². The first-order chi connectivity index (χ1) is 9.69. The maximum atomic E-state index is 12.0. The number of carbonyl (C=O) groups is 1. The van der Waals surface area contributed by atoms with Crippen LogP contribution in [0, 0.1) is 5.92 Å². The quantitative estimate of drug-likeness (QED) is 0.845. The molecule has 1 aliphatic rings. The van der Waals surface area contributed by atoms with E-state index < -0.39 is 5.60 Å². The molecule has 1 aliphatic heterocycles. The van der Waals surface area contributed by atoms with Crippen LogP contribution in [0.5, 0.6) is 0 Å². The van der Waals surface area contributed by atoms with Gasteiger partial charge in [-0.15, -0.1) is 0 Å². The normalized spacial score (nSPS) is 18.9. The van der Waals surface area contributed by atoms with E-state index in [1.165, 1.54) is 0 Å². The Balaban J connectivity index is 2.22. The summed E-state index contributed by atoms with van der Waals surface area (Å²) in [6, 6.07) is 0.548. The van der Waals surface area contributed by atoms with Crippen molar-refractivity contribution in [1.29, 1.82) is 0 Å². The third-order valence-electron chi connectivity index (χ3n) is 4.02. The zero-order chi connectivity index (χ0) is 16.0. The molecule has 1 heterocycles. The monoisotopic (exact) mass is 299 g/mol. The fourth-order valence-corrected chi connectivity index (χ4v) is 2.33. The summed E-state index contributed by atoms with van der Waals surface area (Å²) in [4.78, 5) is 16.0. The van der Waals surface area contributed by atoms with Gasteiger partial charge in [-0.25, -0.2) is 4.79 Å². The van der Waals surface area contributed by atoms with Gasteiger partial charge in [0, 0.05) is 25.7 Å². The lowest BCUT2D eigenvalue weighted by Crippen LogP contribution is -2.44. The third-order valence-corrected chi connectivity index (χ3v) is 4.02. The molecule has 1 amide bonds. The first-order valence-electron chi connectivity index (χ1n) is 8.04. The van der Waals surface area contributed by atoms with Crippen LogP contribution < -0.4 is 5.32 Å². The predicted molar refractivity (Wildman–Crippen MR) is 86.5 cm³/mol. The molecular weight excluding hydrogens is 266 g/mol. The molecule has 124 valence electrons. The van der Waals surface area contributed by atoms with Crippen molar-refractivity contribution in [1.82, 2.24) is 15.1 Å². The average molecular weight is 299 g/mol. The number of rotatable bonds is 5. The Hall–Kier alpha value is -0.810. The van der Waals surface area contributed by atoms with Crippen molar-refractivity contribution in [3.8, 4) is 0 Å². The van der Waals surface area contributed by atoms with Gasteiger partial charge in [0.1, 0.15) is 5.60 Å². The first-order valence-corrected chi connectivity index (χ1v) is 8.04. The molecule has 0 spiro atoms. The SMILES string of the molecule is CC(CNCC1CCN(C(=O)OC(C)(C)C)CC1)N(C)C. The number of amides is 1. The Kier molecular flexibility index (Phi) is 6.94. The number of carbonyl (C=O) groups excluding carboxylic acids is 1. The molecule has 1 fully saturated rings. The van der Waals surface area contributed by atoms with E-state index in [4.69, 9.17) is 4.74 Å². The molecular formula is C16H33N3O2. The highest BCUT2D eigenvalue weighted by molar-refractivity contribution is 5.68. The van der Waals surface area contributed by atoms with Gasteiger partial charge in [-0.05, 0) is 67.1 Å².